The summed E-state index contributed by atoms with van der Waals surface area (Å²) in [7, 11) is 0. The fraction of sp³-hybridized carbons (Fsp3) is 0.292. The van der Waals surface area contributed by atoms with Crippen molar-refractivity contribution in [3.8, 4) is 5.75 Å². The monoisotopic (exact) mass is 467 g/mol. The third-order valence-corrected chi connectivity index (χ3v) is 6.08. The van der Waals surface area contributed by atoms with Crippen molar-refractivity contribution in [2.24, 2.45) is 0 Å². The van der Waals surface area contributed by atoms with Gasteiger partial charge in [-0.2, -0.15) is 0 Å². The van der Waals surface area contributed by atoms with Crippen molar-refractivity contribution in [3.63, 3.8) is 0 Å². The molecule has 4 rings (SSSR count). The summed E-state index contributed by atoms with van der Waals surface area (Å²) < 4.78 is 10.9. The summed E-state index contributed by atoms with van der Waals surface area (Å²) in [5, 5.41) is 2.38. The number of rotatable bonds is 7. The Labute approximate surface area is 196 Å². The van der Waals surface area contributed by atoms with E-state index in [2.05, 4.69) is 10.2 Å². The van der Waals surface area contributed by atoms with Crippen LogP contribution in [0.5, 0.6) is 5.75 Å². The number of amides is 3. The molecule has 33 heavy (non-hydrogen) atoms. The van der Waals surface area contributed by atoms with Crippen LogP contribution in [-0.4, -0.2) is 61.4 Å². The average Bonchev–Trinajstić information content (AvgIpc) is 3.08. The van der Waals surface area contributed by atoms with Gasteiger partial charge in [0.15, 0.2) is 0 Å². The van der Waals surface area contributed by atoms with Crippen LogP contribution in [0.2, 0.25) is 0 Å². The summed E-state index contributed by atoms with van der Waals surface area (Å²) in [6.07, 6.45) is 1.64. The van der Waals surface area contributed by atoms with Crippen molar-refractivity contribution < 1.29 is 23.9 Å². The number of carbonyl (C=O) groups excluding carboxylic acids is 3. The number of morpholine rings is 1. The Kier molecular flexibility index (Phi) is 7.31. The van der Waals surface area contributed by atoms with Crippen molar-refractivity contribution in [1.29, 1.82) is 0 Å². The molecule has 2 aromatic carbocycles. The lowest BCUT2D eigenvalue weighted by molar-refractivity contribution is -0.127. The molecule has 0 saturated carbocycles. The van der Waals surface area contributed by atoms with E-state index in [1.807, 2.05) is 49.4 Å². The Hall–Kier alpha value is -3.30. The summed E-state index contributed by atoms with van der Waals surface area (Å²) in [6.45, 7) is 4.78. The molecule has 0 aliphatic carbocycles. The van der Waals surface area contributed by atoms with Gasteiger partial charge in [0.25, 0.3) is 11.1 Å². The number of nitrogens with zero attached hydrogens (tertiary/aromatic N) is 2. The van der Waals surface area contributed by atoms with E-state index in [0.29, 0.717) is 31.3 Å². The second-order valence-electron chi connectivity index (χ2n) is 7.44. The van der Waals surface area contributed by atoms with E-state index in [1.54, 1.807) is 12.1 Å². The molecule has 1 N–H and O–H groups in total. The van der Waals surface area contributed by atoms with Gasteiger partial charge in [-0.15, -0.1) is 0 Å². The average molecular weight is 468 g/mol. The number of hydrogen-bond acceptors (Lipinski definition) is 7. The summed E-state index contributed by atoms with van der Waals surface area (Å²) in [5.41, 5.74) is 2.27. The number of imide groups is 1. The predicted octanol–water partition coefficient (Wildman–Crippen LogP) is 3.60. The number of nitrogens with one attached hydrogen (secondary N) is 1. The number of carbonyl (C=O) groups is 3. The molecule has 0 bridgehead atoms. The lowest BCUT2D eigenvalue weighted by Gasteiger charge is -2.30. The normalized spacial score (nSPS) is 17.5. The van der Waals surface area contributed by atoms with Crippen molar-refractivity contribution >= 4 is 46.3 Å². The number of benzene rings is 2. The maximum absolute atomic E-state index is 12.8. The van der Waals surface area contributed by atoms with E-state index in [4.69, 9.17) is 9.47 Å². The minimum atomic E-state index is -0.483. The number of hydrogen-bond donors (Lipinski definition) is 1. The van der Waals surface area contributed by atoms with Crippen molar-refractivity contribution in [2.75, 3.05) is 49.7 Å². The highest BCUT2D eigenvalue weighted by Gasteiger charge is 2.36. The van der Waals surface area contributed by atoms with E-state index in [1.165, 1.54) is 0 Å². The molecule has 0 radical (unpaired) electrons. The second-order valence-corrected chi connectivity index (χ2v) is 8.43. The molecule has 9 heteroatoms. The molecule has 0 atom stereocenters. The molecule has 172 valence electrons. The molecule has 2 fully saturated rings. The van der Waals surface area contributed by atoms with Gasteiger partial charge < -0.3 is 19.7 Å². The summed E-state index contributed by atoms with van der Waals surface area (Å²) >= 11 is 0.826. The SMILES string of the molecule is CCOc1cccc(/C=C2\SC(=O)N(CC(=O)Nc3ccccc3N3CCOCC3)C2=O)c1. The van der Waals surface area contributed by atoms with Crippen LogP contribution in [-0.2, 0) is 14.3 Å². The van der Waals surface area contributed by atoms with Gasteiger partial charge >= 0.3 is 0 Å². The molecule has 0 aromatic heterocycles. The third-order valence-electron chi connectivity index (χ3n) is 5.17. The van der Waals surface area contributed by atoms with Crippen LogP contribution in [0.1, 0.15) is 12.5 Å². The topological polar surface area (TPSA) is 88.2 Å². The van der Waals surface area contributed by atoms with Gasteiger partial charge in [-0.25, -0.2) is 0 Å². The van der Waals surface area contributed by atoms with Gasteiger partial charge in [0.2, 0.25) is 5.91 Å². The maximum atomic E-state index is 12.8. The maximum Gasteiger partial charge on any atom is 0.294 e. The molecular weight excluding hydrogens is 442 g/mol. The zero-order chi connectivity index (χ0) is 23.2. The third kappa shape index (κ3) is 5.55. The first-order chi connectivity index (χ1) is 16.0. The lowest BCUT2D eigenvalue weighted by atomic mass is 10.2. The number of ether oxygens (including phenoxy) is 2. The number of anilines is 2. The largest absolute Gasteiger partial charge is 0.494 e. The van der Waals surface area contributed by atoms with E-state index < -0.39 is 17.1 Å². The molecule has 2 saturated heterocycles. The number of para-hydroxylation sites is 2. The van der Waals surface area contributed by atoms with Crippen LogP contribution in [0.15, 0.2) is 53.4 Å². The van der Waals surface area contributed by atoms with E-state index in [0.717, 1.165) is 41.0 Å². The van der Waals surface area contributed by atoms with Gasteiger partial charge in [-0.1, -0.05) is 24.3 Å². The predicted molar refractivity (Wildman–Crippen MR) is 128 cm³/mol. The van der Waals surface area contributed by atoms with E-state index in [9.17, 15) is 14.4 Å². The molecular formula is C24H25N3O5S. The Morgan fingerprint density at radius 1 is 1.15 bits per heavy atom. The molecule has 2 aliphatic rings. The first-order valence-electron chi connectivity index (χ1n) is 10.7. The first-order valence-corrected chi connectivity index (χ1v) is 11.6. The smallest absolute Gasteiger partial charge is 0.294 e. The molecule has 2 aromatic rings. The minimum absolute atomic E-state index is 0.273. The molecule has 3 amide bonds. The lowest BCUT2D eigenvalue weighted by Crippen LogP contribution is -2.38. The van der Waals surface area contributed by atoms with E-state index >= 15 is 0 Å². The summed E-state index contributed by atoms with van der Waals surface area (Å²) in [6, 6.07) is 14.7. The quantitative estimate of drug-likeness (QED) is 0.623. The van der Waals surface area contributed by atoms with Gasteiger partial charge in [-0.3, -0.25) is 19.3 Å². The van der Waals surface area contributed by atoms with Crippen LogP contribution < -0.4 is 15.0 Å². The highest BCUT2D eigenvalue weighted by molar-refractivity contribution is 8.18. The Bertz CT molecular complexity index is 1080. The molecule has 2 aliphatic heterocycles. The van der Waals surface area contributed by atoms with Crippen LogP contribution in [0.25, 0.3) is 6.08 Å². The summed E-state index contributed by atoms with van der Waals surface area (Å²) in [5.74, 6) is -0.232. The van der Waals surface area contributed by atoms with Crippen LogP contribution in [0.3, 0.4) is 0 Å². The van der Waals surface area contributed by atoms with Gasteiger partial charge in [-0.05, 0) is 54.6 Å². The van der Waals surface area contributed by atoms with E-state index in [-0.39, 0.29) is 11.4 Å². The Morgan fingerprint density at radius 2 is 1.94 bits per heavy atom. The standard InChI is InChI=1S/C24H25N3O5S/c1-2-32-18-7-5-6-17(14-18)15-21-23(29)27(24(30)33-21)16-22(28)25-19-8-3-4-9-20(19)26-10-12-31-13-11-26/h3-9,14-15H,2,10-13,16H2,1H3,(H,25,28)/b21-15-. The van der Waals surface area contributed by atoms with Crippen LogP contribution in [0, 0.1) is 0 Å². The Balaban J connectivity index is 1.43. The van der Waals surface area contributed by atoms with Crippen LogP contribution >= 0.6 is 11.8 Å². The molecule has 0 spiro atoms. The minimum Gasteiger partial charge on any atom is -0.494 e. The second kappa shape index (κ2) is 10.5. The van der Waals surface area contributed by atoms with Gasteiger partial charge in [0.1, 0.15) is 12.3 Å². The van der Waals surface area contributed by atoms with Crippen molar-refractivity contribution in [3.05, 3.63) is 59.0 Å². The summed E-state index contributed by atoms with van der Waals surface area (Å²) in [4.78, 5) is 41.4. The molecule has 2 heterocycles. The van der Waals surface area contributed by atoms with Crippen LogP contribution in [0.4, 0.5) is 16.2 Å². The van der Waals surface area contributed by atoms with Gasteiger partial charge in [0.05, 0.1) is 36.1 Å². The Morgan fingerprint density at radius 3 is 2.73 bits per heavy atom. The zero-order valence-electron chi connectivity index (χ0n) is 18.3. The number of thioether (sulfide) groups is 1. The van der Waals surface area contributed by atoms with Crippen molar-refractivity contribution in [2.45, 2.75) is 6.92 Å². The molecule has 0 unspecified atom stereocenters. The van der Waals surface area contributed by atoms with Gasteiger partial charge in [0, 0.05) is 13.1 Å². The zero-order valence-corrected chi connectivity index (χ0v) is 19.1. The highest BCUT2D eigenvalue weighted by Crippen LogP contribution is 2.33. The fourth-order valence-electron chi connectivity index (χ4n) is 3.64. The fourth-order valence-corrected chi connectivity index (χ4v) is 4.48. The highest BCUT2D eigenvalue weighted by atomic mass is 32.2. The van der Waals surface area contributed by atoms with Crippen molar-refractivity contribution in [1.82, 2.24) is 4.90 Å². The first kappa shape index (κ1) is 22.9. The molecule has 8 nitrogen and oxygen atoms in total.